The van der Waals surface area contributed by atoms with Gasteiger partial charge in [0.2, 0.25) is 0 Å². The van der Waals surface area contributed by atoms with Crippen LogP contribution in [0.15, 0.2) is 16.6 Å². The summed E-state index contributed by atoms with van der Waals surface area (Å²) in [4.78, 5) is 12.4. The number of ether oxygens (including phenoxy) is 2. The summed E-state index contributed by atoms with van der Waals surface area (Å²) in [5, 5.41) is 6.43. The van der Waals surface area contributed by atoms with Gasteiger partial charge < -0.3 is 20.1 Å². The Morgan fingerprint density at radius 1 is 1.33 bits per heavy atom. The van der Waals surface area contributed by atoms with Crippen molar-refractivity contribution in [3.8, 4) is 11.5 Å². The molecule has 1 saturated heterocycles. The molecule has 1 heterocycles. The molecule has 0 spiro atoms. The van der Waals surface area contributed by atoms with Crippen molar-refractivity contribution in [3.05, 3.63) is 22.2 Å². The highest BCUT2D eigenvalue weighted by molar-refractivity contribution is 9.10. The van der Waals surface area contributed by atoms with Gasteiger partial charge in [-0.1, -0.05) is 6.92 Å². The van der Waals surface area contributed by atoms with E-state index in [1.165, 1.54) is 0 Å². The molecule has 6 heteroatoms. The molecule has 2 atom stereocenters. The lowest BCUT2D eigenvalue weighted by Gasteiger charge is -2.30. The SMILES string of the molecule is COc1cc(C(=O)NC2CCNCC2C)cc(OC)c1Br. The third-order valence-electron chi connectivity index (χ3n) is 3.81. The summed E-state index contributed by atoms with van der Waals surface area (Å²) >= 11 is 3.40. The first-order chi connectivity index (χ1) is 10.1. The first-order valence-electron chi connectivity index (χ1n) is 7.00. The molecular formula is C15H21BrN2O3. The highest BCUT2D eigenvalue weighted by atomic mass is 79.9. The lowest BCUT2D eigenvalue weighted by atomic mass is 9.95. The number of nitrogens with one attached hydrogen (secondary N) is 2. The summed E-state index contributed by atoms with van der Waals surface area (Å²) < 4.78 is 11.3. The van der Waals surface area contributed by atoms with E-state index in [9.17, 15) is 4.79 Å². The van der Waals surface area contributed by atoms with Crippen LogP contribution in [0.1, 0.15) is 23.7 Å². The molecule has 0 aromatic heterocycles. The average molecular weight is 357 g/mol. The van der Waals surface area contributed by atoms with Gasteiger partial charge in [-0.25, -0.2) is 0 Å². The lowest BCUT2D eigenvalue weighted by molar-refractivity contribution is 0.0913. The Balaban J connectivity index is 2.18. The molecule has 116 valence electrons. The second kappa shape index (κ2) is 7.13. The number of methoxy groups -OCH3 is 2. The molecule has 0 saturated carbocycles. The Kier molecular flexibility index (Phi) is 5.47. The summed E-state index contributed by atoms with van der Waals surface area (Å²) in [6.45, 7) is 4.00. The number of benzene rings is 1. The lowest BCUT2D eigenvalue weighted by Crippen LogP contribution is -2.48. The van der Waals surface area contributed by atoms with Crippen molar-refractivity contribution in [3.63, 3.8) is 0 Å². The van der Waals surface area contributed by atoms with Gasteiger partial charge in [0.05, 0.1) is 14.2 Å². The van der Waals surface area contributed by atoms with E-state index >= 15 is 0 Å². The summed E-state index contributed by atoms with van der Waals surface area (Å²) in [5.41, 5.74) is 0.539. The first kappa shape index (κ1) is 16.1. The van der Waals surface area contributed by atoms with Crippen LogP contribution >= 0.6 is 15.9 Å². The van der Waals surface area contributed by atoms with Crippen molar-refractivity contribution in [2.45, 2.75) is 19.4 Å². The molecule has 5 nitrogen and oxygen atoms in total. The van der Waals surface area contributed by atoms with Gasteiger partial charge in [-0.05, 0) is 53.5 Å². The van der Waals surface area contributed by atoms with Crippen LogP contribution in [-0.2, 0) is 0 Å². The van der Waals surface area contributed by atoms with Gasteiger partial charge in [-0.3, -0.25) is 4.79 Å². The van der Waals surface area contributed by atoms with E-state index in [1.807, 2.05) is 0 Å². The van der Waals surface area contributed by atoms with Crippen molar-refractivity contribution in [1.29, 1.82) is 0 Å². The standard InChI is InChI=1S/C15H21BrN2O3/c1-9-8-17-5-4-11(9)18-15(19)10-6-12(20-2)14(16)13(7-10)21-3/h6-7,9,11,17H,4-5,8H2,1-3H3,(H,18,19). The quantitative estimate of drug-likeness (QED) is 0.868. The predicted octanol–water partition coefficient (Wildman–Crippen LogP) is 2.19. The molecule has 0 radical (unpaired) electrons. The number of hydrogen-bond acceptors (Lipinski definition) is 4. The molecular weight excluding hydrogens is 336 g/mol. The Morgan fingerprint density at radius 3 is 2.48 bits per heavy atom. The van der Waals surface area contributed by atoms with Crippen LogP contribution in [0.25, 0.3) is 0 Å². The third-order valence-corrected chi connectivity index (χ3v) is 4.59. The van der Waals surface area contributed by atoms with Gasteiger partial charge in [0.15, 0.2) is 0 Å². The zero-order chi connectivity index (χ0) is 15.4. The molecule has 1 amide bonds. The molecule has 2 unspecified atom stereocenters. The van der Waals surface area contributed by atoms with Crippen LogP contribution in [-0.4, -0.2) is 39.3 Å². The van der Waals surface area contributed by atoms with E-state index in [2.05, 4.69) is 33.5 Å². The number of hydrogen-bond donors (Lipinski definition) is 2. The minimum Gasteiger partial charge on any atom is -0.495 e. The van der Waals surface area contributed by atoms with E-state index in [1.54, 1.807) is 26.4 Å². The minimum absolute atomic E-state index is 0.0992. The van der Waals surface area contributed by atoms with Crippen LogP contribution in [0.2, 0.25) is 0 Å². The third kappa shape index (κ3) is 3.68. The number of rotatable bonds is 4. The Labute approximate surface area is 133 Å². The Bertz CT molecular complexity index is 497. The highest BCUT2D eigenvalue weighted by Crippen LogP contribution is 2.35. The molecule has 2 N–H and O–H groups in total. The first-order valence-corrected chi connectivity index (χ1v) is 7.79. The summed E-state index contributed by atoms with van der Waals surface area (Å²) in [6.07, 6.45) is 0.942. The fourth-order valence-corrected chi connectivity index (χ4v) is 3.03. The van der Waals surface area contributed by atoms with Crippen molar-refractivity contribution < 1.29 is 14.3 Å². The van der Waals surface area contributed by atoms with Crippen LogP contribution in [0, 0.1) is 5.92 Å². The Hall–Kier alpha value is -1.27. The number of carbonyl (C=O) groups excluding carboxylic acids is 1. The highest BCUT2D eigenvalue weighted by Gasteiger charge is 2.24. The second-order valence-electron chi connectivity index (χ2n) is 5.24. The normalized spacial score (nSPS) is 21.7. The van der Waals surface area contributed by atoms with Gasteiger partial charge in [0.1, 0.15) is 16.0 Å². The monoisotopic (exact) mass is 356 g/mol. The average Bonchev–Trinajstić information content (AvgIpc) is 2.49. The molecule has 2 rings (SSSR count). The number of carbonyl (C=O) groups is 1. The van der Waals surface area contributed by atoms with E-state index in [0.29, 0.717) is 27.5 Å². The van der Waals surface area contributed by atoms with Crippen molar-refractivity contribution in [2.75, 3.05) is 27.3 Å². The van der Waals surface area contributed by atoms with Gasteiger partial charge >= 0.3 is 0 Å². The van der Waals surface area contributed by atoms with Crippen molar-refractivity contribution in [2.24, 2.45) is 5.92 Å². The van der Waals surface area contributed by atoms with E-state index < -0.39 is 0 Å². The summed E-state index contributed by atoms with van der Waals surface area (Å²) in [5.74, 6) is 1.48. The number of halogens is 1. The van der Waals surface area contributed by atoms with Gasteiger partial charge in [0.25, 0.3) is 5.91 Å². The van der Waals surface area contributed by atoms with Crippen molar-refractivity contribution >= 4 is 21.8 Å². The van der Waals surface area contributed by atoms with Crippen molar-refractivity contribution in [1.82, 2.24) is 10.6 Å². The summed E-state index contributed by atoms with van der Waals surface area (Å²) in [7, 11) is 3.13. The van der Waals surface area contributed by atoms with E-state index in [-0.39, 0.29) is 11.9 Å². The Morgan fingerprint density at radius 2 is 1.95 bits per heavy atom. The molecule has 1 aliphatic rings. The zero-order valence-corrected chi connectivity index (χ0v) is 14.1. The van der Waals surface area contributed by atoms with Gasteiger partial charge in [0, 0.05) is 11.6 Å². The largest absolute Gasteiger partial charge is 0.495 e. The minimum atomic E-state index is -0.0992. The van der Waals surface area contributed by atoms with E-state index in [4.69, 9.17) is 9.47 Å². The molecule has 1 aliphatic heterocycles. The fraction of sp³-hybridized carbons (Fsp3) is 0.533. The van der Waals surface area contributed by atoms with Crippen LogP contribution in [0.3, 0.4) is 0 Å². The maximum atomic E-state index is 12.4. The fourth-order valence-electron chi connectivity index (χ4n) is 2.48. The number of piperidine rings is 1. The van der Waals surface area contributed by atoms with E-state index in [0.717, 1.165) is 19.5 Å². The van der Waals surface area contributed by atoms with Gasteiger partial charge in [-0.2, -0.15) is 0 Å². The molecule has 1 aromatic carbocycles. The molecule has 0 bridgehead atoms. The maximum Gasteiger partial charge on any atom is 0.251 e. The predicted molar refractivity (Wildman–Crippen MR) is 85.2 cm³/mol. The molecule has 0 aliphatic carbocycles. The molecule has 1 fully saturated rings. The summed E-state index contributed by atoms with van der Waals surface area (Å²) in [6, 6.07) is 3.63. The van der Waals surface area contributed by atoms with Gasteiger partial charge in [-0.15, -0.1) is 0 Å². The second-order valence-corrected chi connectivity index (χ2v) is 6.04. The van der Waals surface area contributed by atoms with Crippen LogP contribution < -0.4 is 20.1 Å². The van der Waals surface area contributed by atoms with Crippen LogP contribution in [0.5, 0.6) is 11.5 Å². The zero-order valence-electron chi connectivity index (χ0n) is 12.5. The maximum absolute atomic E-state index is 12.4. The topological polar surface area (TPSA) is 59.6 Å². The number of amides is 1. The smallest absolute Gasteiger partial charge is 0.251 e. The molecule has 21 heavy (non-hydrogen) atoms. The van der Waals surface area contributed by atoms with Crippen LogP contribution in [0.4, 0.5) is 0 Å². The molecule has 1 aromatic rings.